The van der Waals surface area contributed by atoms with Crippen molar-refractivity contribution in [2.24, 2.45) is 5.41 Å². The number of halogens is 1. The number of aliphatic hydroxyl groups is 1. The fourth-order valence-electron chi connectivity index (χ4n) is 1.62. The van der Waals surface area contributed by atoms with Crippen LogP contribution in [0.4, 0.5) is 0 Å². The van der Waals surface area contributed by atoms with Gasteiger partial charge in [0.05, 0.1) is 4.88 Å². The van der Waals surface area contributed by atoms with E-state index in [1.165, 1.54) is 0 Å². The van der Waals surface area contributed by atoms with Crippen LogP contribution in [0.1, 0.15) is 39.0 Å². The second kappa shape index (κ2) is 3.95. The summed E-state index contributed by atoms with van der Waals surface area (Å²) >= 11 is 5.10. The van der Waals surface area contributed by atoms with Gasteiger partial charge in [0.15, 0.2) is 0 Å². The maximum atomic E-state index is 10.7. The van der Waals surface area contributed by atoms with Crippen molar-refractivity contribution in [1.82, 2.24) is 0 Å². The van der Waals surface area contributed by atoms with E-state index in [2.05, 4.69) is 36.7 Å². The fraction of sp³-hybridized carbons (Fsp3) is 0.636. The summed E-state index contributed by atoms with van der Waals surface area (Å²) in [6.45, 7) is 8.24. The molecule has 0 saturated carbocycles. The van der Waals surface area contributed by atoms with E-state index in [1.807, 2.05) is 18.4 Å². The third-order valence-corrected chi connectivity index (χ3v) is 4.73. The smallest absolute Gasteiger partial charge is 0.104 e. The van der Waals surface area contributed by atoms with E-state index in [0.29, 0.717) is 0 Å². The first kappa shape index (κ1) is 12.2. The first-order chi connectivity index (χ1) is 6.33. The molecule has 3 heteroatoms. The van der Waals surface area contributed by atoms with Gasteiger partial charge in [-0.3, -0.25) is 0 Å². The Morgan fingerprint density at radius 2 is 2.00 bits per heavy atom. The van der Waals surface area contributed by atoms with Gasteiger partial charge >= 0.3 is 0 Å². The zero-order valence-corrected chi connectivity index (χ0v) is 11.5. The molecule has 0 aliphatic rings. The van der Waals surface area contributed by atoms with E-state index in [4.69, 9.17) is 0 Å². The summed E-state index contributed by atoms with van der Waals surface area (Å²) < 4.78 is 1.02. The summed E-state index contributed by atoms with van der Waals surface area (Å²) in [6, 6.07) is 1.99. The molecule has 0 saturated heterocycles. The van der Waals surface area contributed by atoms with Gasteiger partial charge in [0.1, 0.15) is 5.60 Å². The number of hydrogen-bond donors (Lipinski definition) is 1. The summed E-state index contributed by atoms with van der Waals surface area (Å²) in [4.78, 5) is 1.03. The third-order valence-electron chi connectivity index (χ3n) is 2.75. The van der Waals surface area contributed by atoms with E-state index >= 15 is 0 Å². The normalized spacial score (nSPS) is 16.7. The highest BCUT2D eigenvalue weighted by atomic mass is 79.9. The summed E-state index contributed by atoms with van der Waals surface area (Å²) in [5.41, 5.74) is -0.880. The molecule has 1 N–H and O–H groups in total. The monoisotopic (exact) mass is 276 g/mol. The van der Waals surface area contributed by atoms with Gasteiger partial charge in [-0.15, -0.1) is 11.3 Å². The van der Waals surface area contributed by atoms with Gasteiger partial charge in [0.2, 0.25) is 0 Å². The van der Waals surface area contributed by atoms with Crippen LogP contribution in [-0.2, 0) is 5.60 Å². The van der Waals surface area contributed by atoms with E-state index in [0.717, 1.165) is 15.8 Å². The van der Waals surface area contributed by atoms with Crippen LogP contribution in [0.5, 0.6) is 0 Å². The Balaban J connectivity index is 3.22. The molecule has 0 aromatic carbocycles. The summed E-state index contributed by atoms with van der Waals surface area (Å²) in [6.07, 6.45) is 0.732. The second-order valence-electron chi connectivity index (χ2n) is 4.56. The summed E-state index contributed by atoms with van der Waals surface area (Å²) in [5.74, 6) is 0. The molecule has 14 heavy (non-hydrogen) atoms. The quantitative estimate of drug-likeness (QED) is 0.860. The zero-order chi connectivity index (χ0) is 11.0. The van der Waals surface area contributed by atoms with Gasteiger partial charge in [0, 0.05) is 4.47 Å². The van der Waals surface area contributed by atoms with Crippen LogP contribution in [0.2, 0.25) is 0 Å². The van der Waals surface area contributed by atoms with Crippen LogP contribution in [-0.4, -0.2) is 5.11 Å². The number of hydrogen-bond acceptors (Lipinski definition) is 2. The van der Waals surface area contributed by atoms with Crippen LogP contribution in [0.3, 0.4) is 0 Å². The minimum Gasteiger partial charge on any atom is -0.384 e. The Labute approximate surface area is 98.3 Å². The lowest BCUT2D eigenvalue weighted by molar-refractivity contribution is -0.0648. The molecule has 0 aliphatic heterocycles. The van der Waals surface area contributed by atoms with E-state index < -0.39 is 5.60 Å². The van der Waals surface area contributed by atoms with Gasteiger partial charge in [-0.1, -0.05) is 27.7 Å². The van der Waals surface area contributed by atoms with Gasteiger partial charge in [-0.05, 0) is 39.2 Å². The average Bonchev–Trinajstić information content (AvgIpc) is 2.48. The maximum Gasteiger partial charge on any atom is 0.104 e. The molecule has 1 atom stereocenters. The van der Waals surface area contributed by atoms with E-state index in [9.17, 15) is 5.11 Å². The summed E-state index contributed by atoms with van der Waals surface area (Å²) in [5, 5.41) is 12.7. The lowest BCUT2D eigenvalue weighted by Gasteiger charge is -2.39. The highest BCUT2D eigenvalue weighted by Crippen LogP contribution is 2.46. The molecular formula is C11H17BrOS. The largest absolute Gasteiger partial charge is 0.384 e. The molecule has 0 spiro atoms. The predicted molar refractivity (Wildman–Crippen MR) is 65.7 cm³/mol. The Morgan fingerprint density at radius 1 is 1.43 bits per heavy atom. The SMILES string of the molecule is CCC(O)(c1sccc1Br)C(C)(C)C. The van der Waals surface area contributed by atoms with Crippen LogP contribution < -0.4 is 0 Å². The minimum absolute atomic E-state index is 0.144. The van der Waals surface area contributed by atoms with Crippen molar-refractivity contribution >= 4 is 27.3 Å². The highest BCUT2D eigenvalue weighted by molar-refractivity contribution is 9.10. The molecule has 0 amide bonds. The van der Waals surface area contributed by atoms with Crippen LogP contribution in [0.15, 0.2) is 15.9 Å². The average molecular weight is 277 g/mol. The van der Waals surface area contributed by atoms with Crippen molar-refractivity contribution in [2.75, 3.05) is 0 Å². The van der Waals surface area contributed by atoms with E-state index in [1.54, 1.807) is 11.3 Å². The Bertz CT molecular complexity index is 313. The Hall–Kier alpha value is 0.140. The van der Waals surface area contributed by atoms with Crippen LogP contribution >= 0.6 is 27.3 Å². The van der Waals surface area contributed by atoms with Gasteiger partial charge in [0.25, 0.3) is 0 Å². The predicted octanol–water partition coefficient (Wildman–Crippen LogP) is 4.15. The first-order valence-corrected chi connectivity index (χ1v) is 6.46. The molecule has 1 aromatic heterocycles. The van der Waals surface area contributed by atoms with Crippen molar-refractivity contribution in [3.8, 4) is 0 Å². The summed E-state index contributed by atoms with van der Waals surface area (Å²) in [7, 11) is 0. The first-order valence-electron chi connectivity index (χ1n) is 4.79. The van der Waals surface area contributed by atoms with Crippen LogP contribution in [0.25, 0.3) is 0 Å². The maximum absolute atomic E-state index is 10.7. The Kier molecular flexibility index (Phi) is 3.45. The molecule has 0 fully saturated rings. The highest BCUT2D eigenvalue weighted by Gasteiger charge is 2.42. The van der Waals surface area contributed by atoms with Crippen molar-refractivity contribution in [2.45, 2.75) is 39.7 Å². The molecular weight excluding hydrogens is 260 g/mol. The molecule has 80 valence electrons. The van der Waals surface area contributed by atoms with Gasteiger partial charge < -0.3 is 5.11 Å². The van der Waals surface area contributed by atoms with E-state index in [-0.39, 0.29) is 5.41 Å². The van der Waals surface area contributed by atoms with Gasteiger partial charge in [-0.25, -0.2) is 0 Å². The van der Waals surface area contributed by atoms with Gasteiger partial charge in [-0.2, -0.15) is 0 Å². The van der Waals surface area contributed by atoms with Crippen molar-refractivity contribution in [1.29, 1.82) is 0 Å². The molecule has 0 bridgehead atoms. The molecule has 1 nitrogen and oxygen atoms in total. The van der Waals surface area contributed by atoms with Crippen molar-refractivity contribution in [3.63, 3.8) is 0 Å². The zero-order valence-electron chi connectivity index (χ0n) is 9.10. The minimum atomic E-state index is -0.736. The van der Waals surface area contributed by atoms with Crippen molar-refractivity contribution < 1.29 is 5.11 Å². The molecule has 1 unspecified atom stereocenters. The van der Waals surface area contributed by atoms with Crippen LogP contribution in [0, 0.1) is 5.41 Å². The Morgan fingerprint density at radius 3 is 2.29 bits per heavy atom. The molecule has 0 radical (unpaired) electrons. The molecule has 0 aliphatic carbocycles. The molecule has 1 heterocycles. The topological polar surface area (TPSA) is 20.2 Å². The second-order valence-corrected chi connectivity index (χ2v) is 6.33. The standard InChI is InChI=1S/C11H17BrOS/c1-5-11(13,10(2,3)4)9-8(12)6-7-14-9/h6-7,13H,5H2,1-4H3. The third kappa shape index (κ3) is 1.90. The molecule has 1 rings (SSSR count). The molecule has 1 aromatic rings. The number of rotatable bonds is 2. The van der Waals surface area contributed by atoms with Crippen molar-refractivity contribution in [3.05, 3.63) is 20.8 Å². The lowest BCUT2D eigenvalue weighted by atomic mass is 9.74. The fourth-order valence-corrected chi connectivity index (χ4v) is 3.70. The lowest BCUT2D eigenvalue weighted by Crippen LogP contribution is -2.38. The number of thiophene rings is 1.